The molecule has 1 saturated carbocycles. The lowest BCUT2D eigenvalue weighted by Crippen LogP contribution is -2.43. The van der Waals surface area contributed by atoms with Gasteiger partial charge in [-0.05, 0) is 56.2 Å². The van der Waals surface area contributed by atoms with Crippen molar-refractivity contribution in [3.8, 4) is 5.75 Å². The Morgan fingerprint density at radius 3 is 2.29 bits per heavy atom. The van der Waals surface area contributed by atoms with E-state index in [2.05, 4.69) is 10.0 Å². The van der Waals surface area contributed by atoms with E-state index < -0.39 is 16.1 Å². The molecule has 1 aliphatic carbocycles. The lowest BCUT2D eigenvalue weighted by molar-refractivity contribution is -0.128. The second-order valence-electron chi connectivity index (χ2n) is 7.05. The van der Waals surface area contributed by atoms with Gasteiger partial charge in [-0.3, -0.25) is 9.52 Å². The molecule has 0 aromatic heterocycles. The van der Waals surface area contributed by atoms with E-state index in [1.54, 1.807) is 43.3 Å². The molecule has 1 atom stereocenters. The van der Waals surface area contributed by atoms with Crippen LogP contribution in [-0.2, 0) is 14.8 Å². The van der Waals surface area contributed by atoms with Crippen LogP contribution in [0.5, 0.6) is 5.75 Å². The summed E-state index contributed by atoms with van der Waals surface area (Å²) in [5, 5.41) is 3.03. The molecule has 6 nitrogen and oxygen atoms in total. The van der Waals surface area contributed by atoms with E-state index >= 15 is 0 Å². The lowest BCUT2D eigenvalue weighted by atomic mass is 9.95. The predicted octanol–water partition coefficient (Wildman–Crippen LogP) is 3.70. The van der Waals surface area contributed by atoms with E-state index in [1.807, 2.05) is 6.07 Å². The number of rotatable bonds is 7. The van der Waals surface area contributed by atoms with Gasteiger partial charge in [-0.15, -0.1) is 0 Å². The van der Waals surface area contributed by atoms with E-state index in [4.69, 9.17) is 4.74 Å². The van der Waals surface area contributed by atoms with Crippen molar-refractivity contribution < 1.29 is 17.9 Å². The Labute approximate surface area is 166 Å². The number of ether oxygens (including phenoxy) is 1. The summed E-state index contributed by atoms with van der Waals surface area (Å²) in [6.07, 6.45) is 4.90. The first-order valence-corrected chi connectivity index (χ1v) is 11.1. The molecule has 0 heterocycles. The zero-order valence-corrected chi connectivity index (χ0v) is 16.7. The summed E-state index contributed by atoms with van der Waals surface area (Å²) >= 11 is 0. The molecular weight excluding hydrogens is 376 g/mol. The van der Waals surface area contributed by atoms with Crippen molar-refractivity contribution in [2.45, 2.75) is 56.1 Å². The third-order valence-electron chi connectivity index (χ3n) is 4.79. The van der Waals surface area contributed by atoms with Crippen LogP contribution in [-0.4, -0.2) is 26.5 Å². The van der Waals surface area contributed by atoms with Crippen LogP contribution in [0.1, 0.15) is 39.0 Å². The van der Waals surface area contributed by atoms with Crippen LogP contribution >= 0.6 is 0 Å². The van der Waals surface area contributed by atoms with Crippen LogP contribution in [0, 0.1) is 0 Å². The van der Waals surface area contributed by atoms with E-state index in [-0.39, 0.29) is 16.8 Å². The van der Waals surface area contributed by atoms with Crippen LogP contribution in [0.2, 0.25) is 0 Å². The average molecular weight is 403 g/mol. The molecule has 150 valence electrons. The van der Waals surface area contributed by atoms with Crippen LogP contribution in [0.4, 0.5) is 5.69 Å². The van der Waals surface area contributed by atoms with Gasteiger partial charge < -0.3 is 10.1 Å². The highest BCUT2D eigenvalue weighted by Gasteiger charge is 2.21. The molecule has 2 aromatic carbocycles. The van der Waals surface area contributed by atoms with Crippen molar-refractivity contribution in [3.63, 3.8) is 0 Å². The van der Waals surface area contributed by atoms with Crippen molar-refractivity contribution in [2.75, 3.05) is 4.72 Å². The molecule has 2 aromatic rings. The summed E-state index contributed by atoms with van der Waals surface area (Å²) in [5.74, 6) is 0.305. The minimum absolute atomic E-state index is 0.128. The van der Waals surface area contributed by atoms with Gasteiger partial charge in [0.2, 0.25) is 0 Å². The quantitative estimate of drug-likeness (QED) is 0.739. The van der Waals surface area contributed by atoms with Gasteiger partial charge in [0.05, 0.1) is 4.90 Å². The van der Waals surface area contributed by atoms with Gasteiger partial charge in [0.25, 0.3) is 15.9 Å². The topological polar surface area (TPSA) is 84.5 Å². The zero-order chi connectivity index (χ0) is 20.0. The molecule has 0 spiro atoms. The van der Waals surface area contributed by atoms with Crippen LogP contribution < -0.4 is 14.8 Å². The summed E-state index contributed by atoms with van der Waals surface area (Å²) in [7, 11) is -3.68. The highest BCUT2D eigenvalue weighted by molar-refractivity contribution is 7.92. The van der Waals surface area contributed by atoms with Gasteiger partial charge in [0.15, 0.2) is 6.10 Å². The largest absolute Gasteiger partial charge is 0.481 e. The Balaban J connectivity index is 1.58. The summed E-state index contributed by atoms with van der Waals surface area (Å²) in [5.41, 5.74) is 0.496. The highest BCUT2D eigenvalue weighted by atomic mass is 32.2. The summed E-state index contributed by atoms with van der Waals surface area (Å²) in [6, 6.07) is 15.0. The summed E-state index contributed by atoms with van der Waals surface area (Å²) in [6.45, 7) is 1.69. The zero-order valence-electron chi connectivity index (χ0n) is 15.9. The molecular formula is C21H26N2O4S. The van der Waals surface area contributed by atoms with Crippen molar-refractivity contribution in [1.29, 1.82) is 0 Å². The molecule has 1 amide bonds. The minimum atomic E-state index is -3.68. The first kappa shape index (κ1) is 20.2. The molecule has 3 rings (SSSR count). The molecule has 1 fully saturated rings. The normalized spacial score (nSPS) is 16.2. The molecule has 0 saturated heterocycles. The Bertz CT molecular complexity index is 876. The number of nitrogens with one attached hydrogen (secondary N) is 2. The standard InChI is InChI=1S/C21H26N2O4S/c1-16(21(24)22-17-8-4-2-5-9-17)27-19-12-14-20(15-13-19)28(25,26)23-18-10-6-3-7-11-18/h3,6-7,10-17,23H,2,4-5,8-9H2,1H3,(H,22,24)/t16-/m1/s1. The average Bonchev–Trinajstić information content (AvgIpc) is 2.69. The molecule has 0 aliphatic heterocycles. The third kappa shape index (κ3) is 5.48. The fourth-order valence-corrected chi connectivity index (χ4v) is 4.30. The molecule has 2 N–H and O–H groups in total. The minimum Gasteiger partial charge on any atom is -0.481 e. The first-order chi connectivity index (χ1) is 13.4. The molecule has 28 heavy (non-hydrogen) atoms. The maximum Gasteiger partial charge on any atom is 0.261 e. The van der Waals surface area contributed by atoms with Gasteiger partial charge in [-0.25, -0.2) is 8.42 Å². The predicted molar refractivity (Wildman–Crippen MR) is 109 cm³/mol. The van der Waals surface area contributed by atoms with Crippen LogP contribution in [0.3, 0.4) is 0 Å². The number of benzene rings is 2. The van der Waals surface area contributed by atoms with Gasteiger partial charge in [-0.1, -0.05) is 37.5 Å². The Morgan fingerprint density at radius 1 is 1.00 bits per heavy atom. The highest BCUT2D eigenvalue weighted by Crippen LogP contribution is 2.21. The summed E-state index contributed by atoms with van der Waals surface area (Å²) in [4.78, 5) is 12.4. The Morgan fingerprint density at radius 2 is 1.64 bits per heavy atom. The number of sulfonamides is 1. The van der Waals surface area contributed by atoms with Gasteiger partial charge in [0, 0.05) is 11.7 Å². The lowest BCUT2D eigenvalue weighted by Gasteiger charge is -2.24. The third-order valence-corrected chi connectivity index (χ3v) is 6.19. The number of anilines is 1. The molecule has 0 unspecified atom stereocenters. The van der Waals surface area contributed by atoms with Crippen LogP contribution in [0.25, 0.3) is 0 Å². The maximum atomic E-state index is 12.4. The van der Waals surface area contributed by atoms with Gasteiger partial charge in [-0.2, -0.15) is 0 Å². The Kier molecular flexibility index (Phi) is 6.57. The van der Waals surface area contributed by atoms with E-state index in [1.165, 1.54) is 18.6 Å². The van der Waals surface area contributed by atoms with Crippen molar-refractivity contribution in [2.24, 2.45) is 0 Å². The van der Waals surface area contributed by atoms with Gasteiger partial charge in [0.1, 0.15) is 5.75 Å². The van der Waals surface area contributed by atoms with Crippen molar-refractivity contribution in [3.05, 3.63) is 54.6 Å². The molecule has 1 aliphatic rings. The van der Waals surface area contributed by atoms with E-state index in [0.29, 0.717) is 11.4 Å². The second kappa shape index (κ2) is 9.10. The number of hydrogen-bond acceptors (Lipinski definition) is 4. The maximum absolute atomic E-state index is 12.4. The number of carbonyl (C=O) groups excluding carboxylic acids is 1. The molecule has 0 radical (unpaired) electrons. The monoisotopic (exact) mass is 402 g/mol. The number of para-hydroxylation sites is 1. The van der Waals surface area contributed by atoms with Crippen LogP contribution in [0.15, 0.2) is 59.5 Å². The number of amides is 1. The Hall–Kier alpha value is -2.54. The van der Waals surface area contributed by atoms with Gasteiger partial charge >= 0.3 is 0 Å². The molecule has 0 bridgehead atoms. The number of hydrogen-bond donors (Lipinski definition) is 2. The molecule has 7 heteroatoms. The fourth-order valence-electron chi connectivity index (χ4n) is 3.24. The number of carbonyl (C=O) groups is 1. The first-order valence-electron chi connectivity index (χ1n) is 9.59. The van der Waals surface area contributed by atoms with Crippen molar-refractivity contribution in [1.82, 2.24) is 5.32 Å². The SMILES string of the molecule is C[C@@H](Oc1ccc(S(=O)(=O)Nc2ccccc2)cc1)C(=O)NC1CCCCC1. The van der Waals surface area contributed by atoms with Crippen molar-refractivity contribution >= 4 is 21.6 Å². The smallest absolute Gasteiger partial charge is 0.261 e. The fraction of sp³-hybridized carbons (Fsp3) is 0.381. The summed E-state index contributed by atoms with van der Waals surface area (Å²) < 4.78 is 33.1. The second-order valence-corrected chi connectivity index (χ2v) is 8.73. The van der Waals surface area contributed by atoms with E-state index in [9.17, 15) is 13.2 Å². The van der Waals surface area contributed by atoms with E-state index in [0.717, 1.165) is 25.7 Å².